The predicted molar refractivity (Wildman–Crippen MR) is 170 cm³/mol. The molecule has 7 aromatic rings. The highest BCUT2D eigenvalue weighted by molar-refractivity contribution is 7.13. The lowest BCUT2D eigenvalue weighted by Gasteiger charge is -2.09. The number of phenols is 1. The minimum atomic E-state index is 0.0704. The second kappa shape index (κ2) is 11.3. The number of nitrogens with zero attached hydrogens (tertiary/aromatic N) is 6. The van der Waals surface area contributed by atoms with E-state index >= 15 is 0 Å². The maximum atomic E-state index is 12.3. The highest BCUT2D eigenvalue weighted by Crippen LogP contribution is 2.41. The summed E-state index contributed by atoms with van der Waals surface area (Å²) in [6, 6.07) is 25.1. The minimum Gasteiger partial charge on any atom is -0.618 e. The highest BCUT2D eigenvalue weighted by Gasteiger charge is 2.20. The Bertz CT molecular complexity index is 2010. The molecule has 0 atom stereocenters. The van der Waals surface area contributed by atoms with Crippen LogP contribution in [0.4, 0.5) is 0 Å². The average Bonchev–Trinajstić information content (AvgIpc) is 3.74. The summed E-state index contributed by atoms with van der Waals surface area (Å²) in [7, 11) is 0. The molecule has 0 aliphatic rings. The van der Waals surface area contributed by atoms with E-state index in [0.29, 0.717) is 66.7 Å². The maximum Gasteiger partial charge on any atom is 0.242 e. The first kappa shape index (κ1) is 27.3. The smallest absolute Gasteiger partial charge is 0.242 e. The van der Waals surface area contributed by atoms with E-state index in [4.69, 9.17) is 9.97 Å². The number of hydrogen-bond donors (Lipinski definition) is 1. The molecule has 0 spiro atoms. The number of phenolic OH excluding ortho intramolecular Hbond substituents is 1. The molecule has 0 saturated heterocycles. The van der Waals surface area contributed by atoms with Crippen LogP contribution in [0.5, 0.6) is 5.75 Å². The van der Waals surface area contributed by atoms with E-state index in [2.05, 4.69) is 9.97 Å². The summed E-state index contributed by atoms with van der Waals surface area (Å²) in [6.07, 6.45) is 2.88. The summed E-state index contributed by atoms with van der Waals surface area (Å²) in [5.74, 6) is 0.0704. The largest absolute Gasteiger partial charge is 0.618 e. The summed E-state index contributed by atoms with van der Waals surface area (Å²) >= 11 is 2.82. The molecule has 214 valence electrons. The van der Waals surface area contributed by atoms with E-state index in [1.807, 2.05) is 54.1 Å². The zero-order chi connectivity index (χ0) is 30.2. The van der Waals surface area contributed by atoms with Crippen LogP contribution >= 0.6 is 22.7 Å². The van der Waals surface area contributed by atoms with Crippen LogP contribution < -0.4 is 9.46 Å². The van der Waals surface area contributed by atoms with Gasteiger partial charge in [-0.3, -0.25) is 0 Å². The van der Waals surface area contributed by atoms with Crippen molar-refractivity contribution in [1.82, 2.24) is 19.9 Å². The molecule has 0 aliphatic heterocycles. The van der Waals surface area contributed by atoms with Crippen LogP contribution in [-0.2, 0) is 0 Å². The molecule has 0 amide bonds. The number of thiazole rings is 2. The molecule has 1 N–H and O–H groups in total. The number of benzene rings is 1. The number of aromatic nitrogens is 6. The third-order valence-electron chi connectivity index (χ3n) is 6.92. The molecule has 9 nitrogen and oxygen atoms in total. The first-order valence-corrected chi connectivity index (χ1v) is 15.3. The van der Waals surface area contributed by atoms with E-state index < -0.39 is 0 Å². The van der Waals surface area contributed by atoms with Gasteiger partial charge >= 0.3 is 0 Å². The van der Waals surface area contributed by atoms with Gasteiger partial charge in [0.1, 0.15) is 27.2 Å². The topological polar surface area (TPSA) is 126 Å². The van der Waals surface area contributed by atoms with Gasteiger partial charge in [0.15, 0.2) is 12.4 Å². The van der Waals surface area contributed by atoms with Crippen molar-refractivity contribution in [2.75, 3.05) is 0 Å². The Morgan fingerprint density at radius 3 is 1.48 bits per heavy atom. The molecule has 0 unspecified atom stereocenters. The van der Waals surface area contributed by atoms with Crippen molar-refractivity contribution in [2.24, 2.45) is 0 Å². The van der Waals surface area contributed by atoms with Gasteiger partial charge in [0.2, 0.25) is 11.4 Å². The Hall–Kier alpha value is -5.52. The van der Waals surface area contributed by atoms with Gasteiger partial charge in [0.05, 0.1) is 22.8 Å². The summed E-state index contributed by atoms with van der Waals surface area (Å²) in [4.78, 5) is 19.0. The van der Waals surface area contributed by atoms with E-state index in [1.165, 1.54) is 35.1 Å². The van der Waals surface area contributed by atoms with Crippen LogP contribution in [0.2, 0.25) is 0 Å². The van der Waals surface area contributed by atoms with Gasteiger partial charge in [-0.1, -0.05) is 12.1 Å². The minimum absolute atomic E-state index is 0.0704. The molecule has 1 aromatic carbocycles. The third kappa shape index (κ3) is 5.14. The summed E-state index contributed by atoms with van der Waals surface area (Å²) in [5, 5.41) is 41.1. The Morgan fingerprint density at radius 2 is 1.02 bits per heavy atom. The van der Waals surface area contributed by atoms with Gasteiger partial charge < -0.3 is 15.5 Å². The standard InChI is InChI=1S/C33H22N6O3S2/c1-20-16-21(27-18-43-32(36-27)25-10-6-8-23(34-25)29-12-2-4-14-38(29)41)31(40)22(17-20)28-19-44-33(37-28)26-11-7-9-24(35-26)30-13-3-5-15-39(30)42/h2-19,40H,1H3. The summed E-state index contributed by atoms with van der Waals surface area (Å²) < 4.78 is 1.57. The van der Waals surface area contributed by atoms with Crippen LogP contribution in [0.3, 0.4) is 0 Å². The Kier molecular flexibility index (Phi) is 7.01. The van der Waals surface area contributed by atoms with Gasteiger partial charge in [-0.15, -0.1) is 22.7 Å². The van der Waals surface area contributed by atoms with Crippen molar-refractivity contribution < 1.29 is 14.6 Å². The number of rotatable bonds is 6. The predicted octanol–water partition coefficient (Wildman–Crippen LogP) is 6.67. The van der Waals surface area contributed by atoms with Crippen molar-refractivity contribution in [1.29, 1.82) is 0 Å². The Labute approximate surface area is 259 Å². The number of pyridine rings is 4. The number of aryl methyl sites for hydroxylation is 1. The molecule has 6 heterocycles. The van der Waals surface area contributed by atoms with Crippen LogP contribution in [0.1, 0.15) is 5.56 Å². The molecule has 0 saturated carbocycles. The first-order valence-electron chi connectivity index (χ1n) is 13.5. The summed E-state index contributed by atoms with van der Waals surface area (Å²) in [6.45, 7) is 1.96. The van der Waals surface area contributed by atoms with E-state index in [9.17, 15) is 15.5 Å². The SMILES string of the molecule is Cc1cc(-c2csc(-c3cccc(-c4cccc[n+]4[O-])n3)n2)c(O)c(-c2csc(-c3cccc(-c4cccc[n+]4[O-])n3)n2)c1. The Balaban J connectivity index is 1.21. The molecule has 0 bridgehead atoms. The van der Waals surface area contributed by atoms with Gasteiger partial charge in [-0.25, -0.2) is 19.9 Å². The fraction of sp³-hybridized carbons (Fsp3) is 0.0303. The average molecular weight is 615 g/mol. The molecule has 7 rings (SSSR count). The van der Waals surface area contributed by atoms with Crippen LogP contribution in [-0.4, -0.2) is 25.0 Å². The van der Waals surface area contributed by atoms with Gasteiger partial charge in [0, 0.05) is 46.2 Å². The maximum absolute atomic E-state index is 12.3. The first-order chi connectivity index (χ1) is 21.4. The van der Waals surface area contributed by atoms with Crippen molar-refractivity contribution in [3.05, 3.63) is 124 Å². The normalized spacial score (nSPS) is 11.1. The fourth-order valence-corrected chi connectivity index (χ4v) is 6.42. The fourth-order valence-electron chi connectivity index (χ4n) is 4.85. The molecule has 0 fully saturated rings. The van der Waals surface area contributed by atoms with Crippen molar-refractivity contribution in [2.45, 2.75) is 6.92 Å². The lowest BCUT2D eigenvalue weighted by Crippen LogP contribution is -2.28. The van der Waals surface area contributed by atoms with E-state index in [1.54, 1.807) is 48.5 Å². The van der Waals surface area contributed by atoms with E-state index in [-0.39, 0.29) is 5.75 Å². The van der Waals surface area contributed by atoms with Gasteiger partial charge in [0.25, 0.3) is 0 Å². The van der Waals surface area contributed by atoms with Crippen molar-refractivity contribution in [3.8, 4) is 72.4 Å². The van der Waals surface area contributed by atoms with Gasteiger partial charge in [-0.2, -0.15) is 9.46 Å². The molecule has 0 radical (unpaired) electrons. The molecular formula is C33H22N6O3S2. The lowest BCUT2D eigenvalue weighted by molar-refractivity contribution is -0.594. The zero-order valence-electron chi connectivity index (χ0n) is 23.2. The molecule has 44 heavy (non-hydrogen) atoms. The molecule has 11 heteroatoms. The number of aromatic hydroxyl groups is 1. The zero-order valence-corrected chi connectivity index (χ0v) is 24.8. The molecule has 6 aromatic heterocycles. The third-order valence-corrected chi connectivity index (χ3v) is 8.65. The molecule has 0 aliphatic carbocycles. The second-order valence-corrected chi connectivity index (χ2v) is 11.6. The quantitative estimate of drug-likeness (QED) is 0.164. The van der Waals surface area contributed by atoms with Crippen LogP contribution in [0, 0.1) is 17.3 Å². The van der Waals surface area contributed by atoms with Crippen molar-refractivity contribution >= 4 is 22.7 Å². The second-order valence-electron chi connectivity index (χ2n) is 9.92. The van der Waals surface area contributed by atoms with Crippen molar-refractivity contribution in [3.63, 3.8) is 0 Å². The summed E-state index contributed by atoms with van der Waals surface area (Å²) in [5.41, 5.74) is 6.57. The van der Waals surface area contributed by atoms with Crippen LogP contribution in [0.25, 0.3) is 66.7 Å². The molecular weight excluding hydrogens is 593 g/mol. The highest BCUT2D eigenvalue weighted by atomic mass is 32.1. The number of hydrogen-bond acceptors (Lipinski definition) is 9. The van der Waals surface area contributed by atoms with E-state index in [0.717, 1.165) is 15.0 Å². The Morgan fingerprint density at radius 1 is 0.568 bits per heavy atom. The monoisotopic (exact) mass is 614 g/mol. The van der Waals surface area contributed by atoms with Gasteiger partial charge in [-0.05, 0) is 61.0 Å². The lowest BCUT2D eigenvalue weighted by atomic mass is 10.0. The van der Waals surface area contributed by atoms with Crippen LogP contribution in [0.15, 0.2) is 108 Å².